The lowest BCUT2D eigenvalue weighted by Crippen LogP contribution is -2.37. The van der Waals surface area contributed by atoms with E-state index in [1.807, 2.05) is 52.6 Å². The summed E-state index contributed by atoms with van der Waals surface area (Å²) in [5, 5.41) is 4.04. The zero-order chi connectivity index (χ0) is 18.1. The molecule has 2 aliphatic rings. The second-order valence-electron chi connectivity index (χ2n) is 6.53. The molecule has 0 atom stereocenters. The normalized spacial score (nSPS) is 14.6. The SMILES string of the molecule is C1=CN2NN(c3cccc(OCc4ccccc4)c3)C=C2c2ccccc21. The molecule has 3 aromatic carbocycles. The van der Waals surface area contributed by atoms with Crippen molar-refractivity contribution >= 4 is 17.5 Å². The lowest BCUT2D eigenvalue weighted by Gasteiger charge is -2.24. The highest BCUT2D eigenvalue weighted by molar-refractivity contribution is 5.80. The summed E-state index contributed by atoms with van der Waals surface area (Å²) >= 11 is 0. The van der Waals surface area contributed by atoms with Gasteiger partial charge in [-0.1, -0.05) is 60.7 Å². The van der Waals surface area contributed by atoms with Crippen LogP contribution in [0.5, 0.6) is 5.75 Å². The van der Waals surface area contributed by atoms with Crippen molar-refractivity contribution in [3.63, 3.8) is 0 Å². The predicted octanol–water partition coefficient (Wildman–Crippen LogP) is 4.79. The standard InChI is InChI=1S/C23H19N3O/c1-2-7-18(8-3-1)17-27-21-11-6-10-20(15-21)26-16-23-22-12-5-4-9-19(22)13-14-25(23)24-26/h1-16,24H,17H2. The van der Waals surface area contributed by atoms with Gasteiger partial charge in [0, 0.05) is 24.0 Å². The number of anilines is 1. The molecule has 0 aromatic heterocycles. The smallest absolute Gasteiger partial charge is 0.121 e. The van der Waals surface area contributed by atoms with Crippen LogP contribution >= 0.6 is 0 Å². The molecule has 3 aromatic rings. The van der Waals surface area contributed by atoms with Gasteiger partial charge in [-0.2, -0.15) is 0 Å². The van der Waals surface area contributed by atoms with Crippen molar-refractivity contribution in [2.24, 2.45) is 0 Å². The van der Waals surface area contributed by atoms with E-state index < -0.39 is 0 Å². The van der Waals surface area contributed by atoms with Crippen LogP contribution in [0.1, 0.15) is 16.7 Å². The summed E-state index contributed by atoms with van der Waals surface area (Å²) in [7, 11) is 0. The maximum atomic E-state index is 5.96. The largest absolute Gasteiger partial charge is 0.489 e. The second kappa shape index (κ2) is 6.67. The summed E-state index contributed by atoms with van der Waals surface area (Å²) in [6, 6.07) is 26.7. The van der Waals surface area contributed by atoms with Crippen molar-refractivity contribution < 1.29 is 4.74 Å². The summed E-state index contributed by atoms with van der Waals surface area (Å²) in [6.45, 7) is 0.557. The molecule has 132 valence electrons. The van der Waals surface area contributed by atoms with Crippen LogP contribution in [-0.4, -0.2) is 5.01 Å². The number of hydrogen-bond donors (Lipinski definition) is 1. The molecule has 0 spiro atoms. The van der Waals surface area contributed by atoms with Crippen molar-refractivity contribution in [2.45, 2.75) is 6.61 Å². The number of ether oxygens (including phenoxy) is 1. The first kappa shape index (κ1) is 15.7. The summed E-state index contributed by atoms with van der Waals surface area (Å²) in [4.78, 5) is 0. The van der Waals surface area contributed by atoms with Crippen LogP contribution < -0.4 is 15.3 Å². The molecule has 0 saturated heterocycles. The summed E-state index contributed by atoms with van der Waals surface area (Å²) in [5.74, 6) is 0.845. The van der Waals surface area contributed by atoms with Gasteiger partial charge < -0.3 is 4.74 Å². The number of rotatable bonds is 4. The van der Waals surface area contributed by atoms with Crippen LogP contribution in [0.4, 0.5) is 5.69 Å². The predicted molar refractivity (Wildman–Crippen MR) is 108 cm³/mol. The molecule has 0 radical (unpaired) electrons. The molecule has 0 unspecified atom stereocenters. The summed E-state index contributed by atoms with van der Waals surface area (Å²) < 4.78 is 5.96. The lowest BCUT2D eigenvalue weighted by atomic mass is 10.0. The zero-order valence-corrected chi connectivity index (χ0v) is 14.7. The van der Waals surface area contributed by atoms with Crippen molar-refractivity contribution in [1.29, 1.82) is 0 Å². The van der Waals surface area contributed by atoms with Gasteiger partial charge in [-0.15, -0.1) is 5.53 Å². The molecular formula is C23H19N3O. The van der Waals surface area contributed by atoms with E-state index in [4.69, 9.17) is 4.74 Å². The van der Waals surface area contributed by atoms with E-state index in [-0.39, 0.29) is 0 Å². The zero-order valence-electron chi connectivity index (χ0n) is 14.7. The van der Waals surface area contributed by atoms with Crippen molar-refractivity contribution in [3.05, 3.63) is 108 Å². The van der Waals surface area contributed by atoms with Crippen molar-refractivity contribution in [3.8, 4) is 5.75 Å². The third-order valence-electron chi connectivity index (χ3n) is 4.71. The Hall–Kier alpha value is -3.50. The Morgan fingerprint density at radius 1 is 0.815 bits per heavy atom. The average Bonchev–Trinajstić information content (AvgIpc) is 3.18. The molecule has 2 aliphatic heterocycles. The Balaban J connectivity index is 1.37. The van der Waals surface area contributed by atoms with Crippen molar-refractivity contribution in [1.82, 2.24) is 10.5 Å². The highest BCUT2D eigenvalue weighted by Crippen LogP contribution is 2.33. The van der Waals surface area contributed by atoms with E-state index in [1.54, 1.807) is 0 Å². The third-order valence-corrected chi connectivity index (χ3v) is 4.71. The first-order chi connectivity index (χ1) is 13.4. The quantitative estimate of drug-likeness (QED) is 0.730. The molecule has 0 saturated carbocycles. The minimum absolute atomic E-state index is 0.557. The van der Waals surface area contributed by atoms with Gasteiger partial charge in [0.25, 0.3) is 0 Å². The molecule has 2 heterocycles. The average molecular weight is 353 g/mol. The van der Waals surface area contributed by atoms with Gasteiger partial charge in [0.1, 0.15) is 12.4 Å². The molecule has 1 N–H and O–H groups in total. The minimum atomic E-state index is 0.557. The molecule has 27 heavy (non-hydrogen) atoms. The van der Waals surface area contributed by atoms with E-state index in [0.717, 1.165) is 22.7 Å². The van der Waals surface area contributed by atoms with Gasteiger partial charge >= 0.3 is 0 Å². The molecule has 0 aliphatic carbocycles. The van der Waals surface area contributed by atoms with Gasteiger partial charge in [0.15, 0.2) is 0 Å². The molecule has 0 bridgehead atoms. The van der Waals surface area contributed by atoms with E-state index in [1.165, 1.54) is 11.1 Å². The van der Waals surface area contributed by atoms with Gasteiger partial charge in [0.05, 0.1) is 11.4 Å². The number of hydrogen-bond acceptors (Lipinski definition) is 4. The second-order valence-corrected chi connectivity index (χ2v) is 6.53. The van der Waals surface area contributed by atoms with E-state index in [2.05, 4.69) is 60.3 Å². The first-order valence-corrected chi connectivity index (χ1v) is 8.98. The number of benzene rings is 3. The maximum absolute atomic E-state index is 5.96. The lowest BCUT2D eigenvalue weighted by molar-refractivity contribution is 0.306. The topological polar surface area (TPSA) is 27.7 Å². The number of fused-ring (bicyclic) bond motifs is 3. The van der Waals surface area contributed by atoms with E-state index in [0.29, 0.717) is 6.61 Å². The number of nitrogens with one attached hydrogen (secondary N) is 1. The van der Waals surface area contributed by atoms with Crippen LogP contribution in [-0.2, 0) is 6.61 Å². The Bertz CT molecular complexity index is 1030. The number of hydrazine groups is 2. The Labute approximate surface area is 158 Å². The molecule has 0 fully saturated rings. The fraction of sp³-hybridized carbons (Fsp3) is 0.0435. The third kappa shape index (κ3) is 3.07. The minimum Gasteiger partial charge on any atom is -0.489 e. The fourth-order valence-corrected chi connectivity index (χ4v) is 3.32. The van der Waals surface area contributed by atoms with Crippen LogP contribution in [0.15, 0.2) is 91.3 Å². The van der Waals surface area contributed by atoms with E-state index >= 15 is 0 Å². The van der Waals surface area contributed by atoms with Crippen LogP contribution in [0.2, 0.25) is 0 Å². The van der Waals surface area contributed by atoms with Crippen molar-refractivity contribution in [2.75, 3.05) is 5.01 Å². The van der Waals surface area contributed by atoms with Crippen LogP contribution in [0.25, 0.3) is 11.8 Å². The summed E-state index contributed by atoms with van der Waals surface area (Å²) in [5.41, 5.74) is 9.13. The first-order valence-electron chi connectivity index (χ1n) is 8.98. The van der Waals surface area contributed by atoms with Crippen LogP contribution in [0, 0.1) is 0 Å². The van der Waals surface area contributed by atoms with Gasteiger partial charge in [0.2, 0.25) is 0 Å². The fourth-order valence-electron chi connectivity index (χ4n) is 3.32. The Kier molecular flexibility index (Phi) is 3.88. The molecule has 5 rings (SSSR count). The summed E-state index contributed by atoms with van der Waals surface area (Å²) in [6.07, 6.45) is 6.27. The number of nitrogens with zero attached hydrogens (tertiary/aromatic N) is 2. The highest BCUT2D eigenvalue weighted by Gasteiger charge is 2.25. The van der Waals surface area contributed by atoms with Gasteiger partial charge in [-0.05, 0) is 29.3 Å². The monoisotopic (exact) mass is 353 g/mol. The molecule has 4 nitrogen and oxygen atoms in total. The Morgan fingerprint density at radius 3 is 2.59 bits per heavy atom. The highest BCUT2D eigenvalue weighted by atomic mass is 16.5. The van der Waals surface area contributed by atoms with Gasteiger partial charge in [-0.25, -0.2) is 0 Å². The van der Waals surface area contributed by atoms with Crippen LogP contribution in [0.3, 0.4) is 0 Å². The maximum Gasteiger partial charge on any atom is 0.121 e. The Morgan fingerprint density at radius 2 is 1.67 bits per heavy atom. The van der Waals surface area contributed by atoms with Gasteiger partial charge in [-0.3, -0.25) is 10.0 Å². The molecule has 4 heteroatoms. The molecule has 0 amide bonds. The molecular weight excluding hydrogens is 334 g/mol. The van der Waals surface area contributed by atoms with E-state index in [9.17, 15) is 0 Å².